The highest BCUT2D eigenvalue weighted by molar-refractivity contribution is 6.08. The number of fused-ring (bicyclic) bond motifs is 1. The third-order valence-corrected chi connectivity index (χ3v) is 4.81. The average molecular weight is 330 g/mol. The predicted octanol–water partition coefficient (Wildman–Crippen LogP) is 2.10. The minimum atomic E-state index is -1.17. The van der Waals surface area contributed by atoms with Crippen LogP contribution < -0.4 is 5.32 Å². The van der Waals surface area contributed by atoms with Crippen LogP contribution in [0.2, 0.25) is 0 Å². The first-order valence-corrected chi connectivity index (χ1v) is 8.21. The lowest BCUT2D eigenvalue weighted by molar-refractivity contribution is -0.145. The normalized spacial score (nSPS) is 17.0. The van der Waals surface area contributed by atoms with Crippen LogP contribution in [-0.2, 0) is 11.8 Å². The molecule has 1 fully saturated rings. The van der Waals surface area contributed by atoms with Crippen molar-refractivity contribution in [3.05, 3.63) is 23.0 Å². The number of nitrogens with one attached hydrogen (secondary N) is 1. The van der Waals surface area contributed by atoms with Gasteiger partial charge in [-0.1, -0.05) is 19.3 Å². The third-order valence-electron chi connectivity index (χ3n) is 4.81. The van der Waals surface area contributed by atoms with Crippen LogP contribution in [0.5, 0.6) is 0 Å². The molecular formula is C17H22N4O3. The Bertz CT molecular complexity index is 819. The number of aliphatic carboxylic acids is 1. The first kappa shape index (κ1) is 16.4. The van der Waals surface area contributed by atoms with E-state index in [2.05, 4.69) is 15.4 Å². The Morgan fingerprint density at radius 3 is 2.54 bits per heavy atom. The zero-order chi connectivity index (χ0) is 17.5. The number of carbonyl (C=O) groups excluding carboxylic acids is 1. The van der Waals surface area contributed by atoms with Crippen LogP contribution >= 0.6 is 0 Å². The molecule has 1 saturated carbocycles. The highest BCUT2D eigenvalue weighted by atomic mass is 16.4. The van der Waals surface area contributed by atoms with Gasteiger partial charge in [-0.2, -0.15) is 5.10 Å². The first-order chi connectivity index (χ1) is 11.3. The number of aromatic nitrogens is 3. The SMILES string of the molecule is Cc1cc(C(=O)NC2(C(=O)O)CCCCC2)c2c(C)nn(C)c2n1. The average Bonchev–Trinajstić information content (AvgIpc) is 2.81. The Labute approximate surface area is 140 Å². The van der Waals surface area contributed by atoms with Crippen LogP contribution in [0.25, 0.3) is 11.0 Å². The van der Waals surface area contributed by atoms with E-state index in [1.54, 1.807) is 17.8 Å². The van der Waals surface area contributed by atoms with E-state index in [0.717, 1.165) is 19.3 Å². The molecule has 1 aliphatic rings. The number of amides is 1. The van der Waals surface area contributed by atoms with Gasteiger partial charge in [-0.25, -0.2) is 9.78 Å². The smallest absolute Gasteiger partial charge is 0.329 e. The van der Waals surface area contributed by atoms with Crippen LogP contribution in [0.4, 0.5) is 0 Å². The fraction of sp³-hybridized carbons (Fsp3) is 0.529. The van der Waals surface area contributed by atoms with E-state index in [1.807, 2.05) is 13.8 Å². The molecule has 7 heteroatoms. The van der Waals surface area contributed by atoms with Gasteiger partial charge in [-0.3, -0.25) is 9.48 Å². The second kappa shape index (κ2) is 5.89. The van der Waals surface area contributed by atoms with Crippen LogP contribution in [0, 0.1) is 13.8 Å². The largest absolute Gasteiger partial charge is 0.480 e. The zero-order valence-electron chi connectivity index (χ0n) is 14.2. The van der Waals surface area contributed by atoms with E-state index in [9.17, 15) is 14.7 Å². The monoisotopic (exact) mass is 330 g/mol. The van der Waals surface area contributed by atoms with Crippen molar-refractivity contribution in [2.45, 2.75) is 51.5 Å². The molecule has 0 unspecified atom stereocenters. The van der Waals surface area contributed by atoms with Crippen LogP contribution in [0.3, 0.4) is 0 Å². The topological polar surface area (TPSA) is 97.1 Å². The number of hydrogen-bond donors (Lipinski definition) is 2. The maximum atomic E-state index is 12.9. The molecule has 3 rings (SSSR count). The molecule has 24 heavy (non-hydrogen) atoms. The summed E-state index contributed by atoms with van der Waals surface area (Å²) >= 11 is 0. The van der Waals surface area contributed by atoms with Gasteiger partial charge >= 0.3 is 5.97 Å². The number of carbonyl (C=O) groups is 2. The molecule has 2 N–H and O–H groups in total. The molecule has 1 amide bonds. The third kappa shape index (κ3) is 2.64. The Hall–Kier alpha value is -2.44. The molecular weight excluding hydrogens is 308 g/mol. The van der Waals surface area contributed by atoms with E-state index in [-0.39, 0.29) is 5.91 Å². The molecule has 2 aromatic rings. The summed E-state index contributed by atoms with van der Waals surface area (Å²) < 4.78 is 1.64. The van der Waals surface area contributed by atoms with E-state index in [4.69, 9.17) is 0 Å². The van der Waals surface area contributed by atoms with Crippen molar-refractivity contribution in [2.24, 2.45) is 7.05 Å². The van der Waals surface area contributed by atoms with Crippen molar-refractivity contribution in [2.75, 3.05) is 0 Å². The second-order valence-corrected chi connectivity index (χ2v) is 6.62. The first-order valence-electron chi connectivity index (χ1n) is 8.21. The van der Waals surface area contributed by atoms with Crippen LogP contribution in [-0.4, -0.2) is 37.3 Å². The zero-order valence-corrected chi connectivity index (χ0v) is 14.2. The maximum absolute atomic E-state index is 12.9. The summed E-state index contributed by atoms with van der Waals surface area (Å²) in [6.07, 6.45) is 3.55. The summed E-state index contributed by atoms with van der Waals surface area (Å²) in [7, 11) is 1.78. The molecule has 7 nitrogen and oxygen atoms in total. The summed E-state index contributed by atoms with van der Waals surface area (Å²) in [6.45, 7) is 3.63. The van der Waals surface area contributed by atoms with Crippen molar-refractivity contribution in [1.82, 2.24) is 20.1 Å². The summed E-state index contributed by atoms with van der Waals surface area (Å²) in [5.74, 6) is -1.33. The molecule has 0 aliphatic heterocycles. The highest BCUT2D eigenvalue weighted by Crippen LogP contribution is 2.30. The highest BCUT2D eigenvalue weighted by Gasteiger charge is 2.41. The Kier molecular flexibility index (Phi) is 4.03. The second-order valence-electron chi connectivity index (χ2n) is 6.62. The van der Waals surface area contributed by atoms with Gasteiger partial charge in [-0.05, 0) is 32.8 Å². The molecule has 0 saturated heterocycles. The maximum Gasteiger partial charge on any atom is 0.329 e. The van der Waals surface area contributed by atoms with Gasteiger partial charge in [0.2, 0.25) is 0 Å². The quantitative estimate of drug-likeness (QED) is 0.898. The molecule has 1 aliphatic carbocycles. The van der Waals surface area contributed by atoms with Crippen molar-refractivity contribution >= 4 is 22.9 Å². The van der Waals surface area contributed by atoms with Crippen LogP contribution in [0.1, 0.15) is 53.8 Å². The van der Waals surface area contributed by atoms with Gasteiger partial charge in [-0.15, -0.1) is 0 Å². The van der Waals surface area contributed by atoms with Gasteiger partial charge in [0.1, 0.15) is 5.54 Å². The van der Waals surface area contributed by atoms with Crippen LogP contribution in [0.15, 0.2) is 6.07 Å². The molecule has 2 aromatic heterocycles. The molecule has 0 aromatic carbocycles. The fourth-order valence-electron chi connectivity index (χ4n) is 3.58. The number of rotatable bonds is 3. The van der Waals surface area contributed by atoms with E-state index >= 15 is 0 Å². The lowest BCUT2D eigenvalue weighted by Gasteiger charge is -2.34. The van der Waals surface area contributed by atoms with E-state index < -0.39 is 11.5 Å². The Morgan fingerprint density at radius 2 is 1.92 bits per heavy atom. The van der Waals surface area contributed by atoms with E-state index in [1.165, 1.54) is 0 Å². The number of pyridine rings is 1. The number of carboxylic acid groups (broad SMARTS) is 1. The Balaban J connectivity index is 2.04. The molecule has 0 atom stereocenters. The van der Waals surface area contributed by atoms with Crippen molar-refractivity contribution in [1.29, 1.82) is 0 Å². The molecule has 0 bridgehead atoms. The summed E-state index contributed by atoms with van der Waals surface area (Å²) in [5, 5.41) is 17.5. The molecule has 0 spiro atoms. The molecule has 2 heterocycles. The summed E-state index contributed by atoms with van der Waals surface area (Å²) in [5.41, 5.74) is 1.30. The van der Waals surface area contributed by atoms with Crippen molar-refractivity contribution in [3.8, 4) is 0 Å². The summed E-state index contributed by atoms with van der Waals surface area (Å²) in [6, 6.07) is 1.70. The number of aryl methyl sites for hydroxylation is 3. The van der Waals surface area contributed by atoms with Gasteiger partial charge in [0.25, 0.3) is 5.91 Å². The molecule has 0 radical (unpaired) electrons. The van der Waals surface area contributed by atoms with Crippen molar-refractivity contribution < 1.29 is 14.7 Å². The standard InChI is InChI=1S/C17H22N4O3/c1-10-9-12(13-11(2)20-21(3)14(13)18-10)15(22)19-17(16(23)24)7-5-4-6-8-17/h9H,4-8H2,1-3H3,(H,19,22)(H,23,24). The van der Waals surface area contributed by atoms with Crippen molar-refractivity contribution in [3.63, 3.8) is 0 Å². The lowest BCUT2D eigenvalue weighted by atomic mass is 9.81. The van der Waals surface area contributed by atoms with Gasteiger partial charge in [0.15, 0.2) is 5.65 Å². The number of carboxylic acids is 1. The lowest BCUT2D eigenvalue weighted by Crippen LogP contribution is -2.55. The van der Waals surface area contributed by atoms with E-state index in [0.29, 0.717) is 40.8 Å². The van der Waals surface area contributed by atoms with Gasteiger partial charge in [0, 0.05) is 12.7 Å². The minimum absolute atomic E-state index is 0.370. The molecule has 128 valence electrons. The number of nitrogens with zero attached hydrogens (tertiary/aromatic N) is 3. The fourth-order valence-corrected chi connectivity index (χ4v) is 3.58. The minimum Gasteiger partial charge on any atom is -0.480 e. The Morgan fingerprint density at radius 1 is 1.25 bits per heavy atom. The number of hydrogen-bond acceptors (Lipinski definition) is 4. The van der Waals surface area contributed by atoms with Gasteiger partial charge < -0.3 is 10.4 Å². The summed E-state index contributed by atoms with van der Waals surface area (Å²) in [4.78, 5) is 29.2. The van der Waals surface area contributed by atoms with Gasteiger partial charge in [0.05, 0.1) is 16.6 Å². The predicted molar refractivity (Wildman–Crippen MR) is 88.9 cm³/mol.